The number of methoxy groups -OCH3 is 1. The summed E-state index contributed by atoms with van der Waals surface area (Å²) >= 11 is 0. The Balaban J connectivity index is 1.93. The van der Waals surface area contributed by atoms with Gasteiger partial charge in [0.25, 0.3) is 0 Å². The van der Waals surface area contributed by atoms with Crippen molar-refractivity contribution in [2.24, 2.45) is 5.92 Å². The largest absolute Gasteiger partial charge is 0.383 e. The molecule has 3 rings (SSSR count). The summed E-state index contributed by atoms with van der Waals surface area (Å²) in [6, 6.07) is 8.79. The number of rotatable bonds is 6. The van der Waals surface area contributed by atoms with Crippen LogP contribution in [0.4, 0.5) is 5.69 Å². The van der Waals surface area contributed by atoms with Gasteiger partial charge in [0.2, 0.25) is 0 Å². The van der Waals surface area contributed by atoms with Gasteiger partial charge in [0.05, 0.1) is 19.2 Å². The molecule has 6 nitrogen and oxygen atoms in total. The van der Waals surface area contributed by atoms with E-state index in [1.165, 1.54) is 11.3 Å². The lowest BCUT2D eigenvalue weighted by atomic mass is 10.0. The molecule has 1 aliphatic rings. The number of nitrogens with zero attached hydrogens (tertiary/aromatic N) is 5. The quantitative estimate of drug-likeness (QED) is 0.817. The summed E-state index contributed by atoms with van der Waals surface area (Å²) in [4.78, 5) is 2.44. The standard InChI is InChI=1S/C16H23N5O/c1-12(2)15(16-17-18-19-21(16)10-11-22-3)20-9-8-13-6-4-5-7-14(13)20/h4-7,12,15H,8-11H2,1-3H3/t15-/m1/s1. The molecule has 0 amide bonds. The molecule has 0 bridgehead atoms. The van der Waals surface area contributed by atoms with Crippen molar-refractivity contribution in [2.75, 3.05) is 25.2 Å². The van der Waals surface area contributed by atoms with Crippen LogP contribution in [0, 0.1) is 5.92 Å². The van der Waals surface area contributed by atoms with Crippen LogP contribution in [0.1, 0.15) is 31.3 Å². The highest BCUT2D eigenvalue weighted by Gasteiger charge is 2.32. The third-order valence-corrected chi connectivity index (χ3v) is 4.22. The average molecular weight is 301 g/mol. The van der Waals surface area contributed by atoms with Gasteiger partial charge in [-0.3, -0.25) is 0 Å². The van der Waals surface area contributed by atoms with Crippen molar-refractivity contribution in [3.05, 3.63) is 35.7 Å². The molecule has 0 saturated heterocycles. The number of aromatic nitrogens is 4. The topological polar surface area (TPSA) is 56.1 Å². The van der Waals surface area contributed by atoms with E-state index in [0.717, 1.165) is 18.8 Å². The van der Waals surface area contributed by atoms with Crippen LogP contribution in [0.3, 0.4) is 0 Å². The van der Waals surface area contributed by atoms with Crippen molar-refractivity contribution < 1.29 is 4.74 Å². The summed E-state index contributed by atoms with van der Waals surface area (Å²) in [6.07, 6.45) is 1.08. The van der Waals surface area contributed by atoms with Crippen molar-refractivity contribution in [2.45, 2.75) is 32.9 Å². The molecule has 1 atom stereocenters. The SMILES string of the molecule is COCCn1nnnc1[C@@H](C(C)C)N1CCc2ccccc21. The lowest BCUT2D eigenvalue weighted by molar-refractivity contribution is 0.180. The molecule has 0 spiro atoms. The predicted molar refractivity (Wildman–Crippen MR) is 84.8 cm³/mol. The van der Waals surface area contributed by atoms with Gasteiger partial charge in [-0.1, -0.05) is 32.0 Å². The van der Waals surface area contributed by atoms with Crippen molar-refractivity contribution >= 4 is 5.69 Å². The molecule has 118 valence electrons. The third-order valence-electron chi connectivity index (χ3n) is 4.22. The van der Waals surface area contributed by atoms with Crippen molar-refractivity contribution in [1.82, 2.24) is 20.2 Å². The highest BCUT2D eigenvalue weighted by molar-refractivity contribution is 5.59. The summed E-state index contributed by atoms with van der Waals surface area (Å²) in [5, 5.41) is 12.3. The minimum Gasteiger partial charge on any atom is -0.383 e. The number of hydrogen-bond donors (Lipinski definition) is 0. The minimum absolute atomic E-state index is 0.176. The molecule has 2 heterocycles. The van der Waals surface area contributed by atoms with E-state index >= 15 is 0 Å². The van der Waals surface area contributed by atoms with Crippen LogP contribution in [-0.2, 0) is 17.7 Å². The summed E-state index contributed by atoms with van der Waals surface area (Å²) in [5.41, 5.74) is 2.71. The molecule has 2 aromatic rings. The second-order valence-electron chi connectivity index (χ2n) is 6.01. The van der Waals surface area contributed by atoms with E-state index < -0.39 is 0 Å². The van der Waals surface area contributed by atoms with Crippen LogP contribution in [-0.4, -0.2) is 40.5 Å². The molecule has 22 heavy (non-hydrogen) atoms. The first-order valence-electron chi connectivity index (χ1n) is 7.82. The molecule has 0 unspecified atom stereocenters. The molecule has 1 aliphatic heterocycles. The van der Waals surface area contributed by atoms with Gasteiger partial charge in [-0.25, -0.2) is 4.68 Å². The zero-order valence-electron chi connectivity index (χ0n) is 13.4. The Hall–Kier alpha value is -1.95. The molecule has 0 aliphatic carbocycles. The fourth-order valence-corrected chi connectivity index (χ4v) is 3.21. The number of fused-ring (bicyclic) bond motifs is 1. The first-order chi connectivity index (χ1) is 10.7. The van der Waals surface area contributed by atoms with Gasteiger partial charge >= 0.3 is 0 Å². The van der Waals surface area contributed by atoms with Crippen molar-refractivity contribution in [3.63, 3.8) is 0 Å². The van der Waals surface area contributed by atoms with E-state index in [1.54, 1.807) is 7.11 Å². The van der Waals surface area contributed by atoms with E-state index in [0.29, 0.717) is 19.1 Å². The average Bonchev–Trinajstić information content (AvgIpc) is 3.13. The Morgan fingerprint density at radius 2 is 2.09 bits per heavy atom. The summed E-state index contributed by atoms with van der Waals surface area (Å²) in [7, 11) is 1.70. The molecule has 0 radical (unpaired) electrons. The van der Waals surface area contributed by atoms with Gasteiger partial charge in [-0.2, -0.15) is 0 Å². The van der Waals surface area contributed by atoms with Gasteiger partial charge < -0.3 is 9.64 Å². The number of para-hydroxylation sites is 1. The van der Waals surface area contributed by atoms with Crippen LogP contribution in [0.5, 0.6) is 0 Å². The molecular weight excluding hydrogens is 278 g/mol. The first-order valence-corrected chi connectivity index (χ1v) is 7.82. The van der Waals surface area contributed by atoms with E-state index in [-0.39, 0.29) is 6.04 Å². The van der Waals surface area contributed by atoms with E-state index in [9.17, 15) is 0 Å². The zero-order chi connectivity index (χ0) is 15.5. The smallest absolute Gasteiger partial charge is 0.174 e. The Kier molecular flexibility index (Phi) is 4.38. The lowest BCUT2D eigenvalue weighted by Crippen LogP contribution is -2.33. The van der Waals surface area contributed by atoms with Gasteiger partial charge in [0.15, 0.2) is 5.82 Å². The first kappa shape index (κ1) is 15.0. The number of benzene rings is 1. The normalized spacial score (nSPS) is 15.4. The van der Waals surface area contributed by atoms with Crippen molar-refractivity contribution in [1.29, 1.82) is 0 Å². The molecule has 1 aromatic heterocycles. The molecule has 1 aromatic carbocycles. The number of anilines is 1. The molecular formula is C16H23N5O. The maximum atomic E-state index is 5.16. The molecule has 0 saturated carbocycles. The molecule has 0 N–H and O–H groups in total. The van der Waals surface area contributed by atoms with Crippen molar-refractivity contribution in [3.8, 4) is 0 Å². The molecule has 0 fully saturated rings. The van der Waals surface area contributed by atoms with Crippen LogP contribution in [0.25, 0.3) is 0 Å². The van der Waals surface area contributed by atoms with E-state index in [1.807, 2.05) is 4.68 Å². The molecule has 6 heteroatoms. The summed E-state index contributed by atoms with van der Waals surface area (Å²) < 4.78 is 7.03. The second kappa shape index (κ2) is 6.44. The maximum absolute atomic E-state index is 5.16. The number of tetrazole rings is 1. The third kappa shape index (κ3) is 2.70. The number of ether oxygens (including phenoxy) is 1. The Bertz CT molecular complexity index is 625. The lowest BCUT2D eigenvalue weighted by Gasteiger charge is -2.32. The Morgan fingerprint density at radius 1 is 1.27 bits per heavy atom. The van der Waals surface area contributed by atoms with Crippen LogP contribution < -0.4 is 4.90 Å². The van der Waals surface area contributed by atoms with Gasteiger partial charge in [0.1, 0.15) is 0 Å². The van der Waals surface area contributed by atoms with E-state index in [2.05, 4.69) is 58.5 Å². The Labute approximate surface area is 131 Å². The van der Waals surface area contributed by atoms with Gasteiger partial charge in [-0.15, -0.1) is 5.10 Å². The van der Waals surface area contributed by atoms with Gasteiger partial charge in [0, 0.05) is 19.3 Å². The highest BCUT2D eigenvalue weighted by Crippen LogP contribution is 2.37. The second-order valence-corrected chi connectivity index (χ2v) is 6.01. The Morgan fingerprint density at radius 3 is 2.86 bits per heavy atom. The fourth-order valence-electron chi connectivity index (χ4n) is 3.21. The maximum Gasteiger partial charge on any atom is 0.174 e. The monoisotopic (exact) mass is 301 g/mol. The minimum atomic E-state index is 0.176. The zero-order valence-corrected chi connectivity index (χ0v) is 13.4. The predicted octanol–water partition coefficient (Wildman–Crippen LogP) is 2.08. The highest BCUT2D eigenvalue weighted by atomic mass is 16.5. The van der Waals surface area contributed by atoms with Crippen LogP contribution in [0.2, 0.25) is 0 Å². The summed E-state index contributed by atoms with van der Waals surface area (Å²) in [5.74, 6) is 1.34. The van der Waals surface area contributed by atoms with Crippen LogP contribution >= 0.6 is 0 Å². The fraction of sp³-hybridized carbons (Fsp3) is 0.562. The van der Waals surface area contributed by atoms with Crippen LogP contribution in [0.15, 0.2) is 24.3 Å². The summed E-state index contributed by atoms with van der Waals surface area (Å²) in [6.45, 7) is 6.75. The number of hydrogen-bond acceptors (Lipinski definition) is 5. The van der Waals surface area contributed by atoms with E-state index in [4.69, 9.17) is 4.74 Å². The van der Waals surface area contributed by atoms with Gasteiger partial charge in [-0.05, 0) is 34.4 Å².